The van der Waals surface area contributed by atoms with Crippen molar-refractivity contribution in [3.05, 3.63) is 63.7 Å². The Labute approximate surface area is 168 Å². The zero-order valence-electron chi connectivity index (χ0n) is 15.8. The summed E-state index contributed by atoms with van der Waals surface area (Å²) in [6.45, 7) is 2.67. The van der Waals surface area contributed by atoms with Crippen LogP contribution in [0.2, 0.25) is 0 Å². The number of fused-ring (bicyclic) bond motifs is 1. The number of anilines is 1. The van der Waals surface area contributed by atoms with Gasteiger partial charge in [-0.15, -0.1) is 0 Å². The maximum Gasteiger partial charge on any atom is 0.341 e. The highest BCUT2D eigenvalue weighted by Gasteiger charge is 2.30. The van der Waals surface area contributed by atoms with Crippen LogP contribution in [0.3, 0.4) is 0 Å². The molecule has 2 aromatic heterocycles. The maximum absolute atomic E-state index is 14.8. The Kier molecular flexibility index (Phi) is 4.73. The van der Waals surface area contributed by atoms with Crippen LogP contribution in [-0.4, -0.2) is 39.8 Å². The minimum Gasteiger partial charge on any atom is -0.477 e. The maximum atomic E-state index is 14.8. The van der Waals surface area contributed by atoms with Crippen LogP contribution in [0.25, 0.3) is 16.7 Å². The fourth-order valence-electron chi connectivity index (χ4n) is 3.61. The molecule has 1 fully saturated rings. The Bertz CT molecular complexity index is 1230. The predicted octanol–water partition coefficient (Wildman–Crippen LogP) is 2.28. The van der Waals surface area contributed by atoms with Crippen molar-refractivity contribution < 1.29 is 23.1 Å². The highest BCUT2D eigenvalue weighted by molar-refractivity contribution is 5.92. The standard InChI is InChI=1S/C20H17F3N4O3/c1-9-6-26(8-15(9)24)19-14(23)5-11-17(28)12(20(29)30)7-27(18(11)25-19)16-3-2-10(21)4-13(16)22/h2-5,7,9,15H,6,8,24H2,1H3,(H,29,30). The highest BCUT2D eigenvalue weighted by atomic mass is 19.1. The Morgan fingerprint density at radius 2 is 1.93 bits per heavy atom. The summed E-state index contributed by atoms with van der Waals surface area (Å²) in [4.78, 5) is 30.0. The average molecular weight is 418 g/mol. The first-order valence-corrected chi connectivity index (χ1v) is 9.12. The number of benzene rings is 1. The molecule has 1 aromatic carbocycles. The van der Waals surface area contributed by atoms with Crippen LogP contribution in [0, 0.1) is 23.4 Å². The van der Waals surface area contributed by atoms with Crippen molar-refractivity contribution in [3.63, 3.8) is 0 Å². The average Bonchev–Trinajstić information content (AvgIpc) is 3.01. The van der Waals surface area contributed by atoms with Gasteiger partial charge in [-0.25, -0.2) is 22.9 Å². The van der Waals surface area contributed by atoms with Gasteiger partial charge >= 0.3 is 5.97 Å². The van der Waals surface area contributed by atoms with Gasteiger partial charge in [-0.2, -0.15) is 0 Å². The molecule has 1 saturated heterocycles. The van der Waals surface area contributed by atoms with Gasteiger partial charge in [0.05, 0.1) is 11.1 Å². The van der Waals surface area contributed by atoms with Gasteiger partial charge in [-0.1, -0.05) is 6.92 Å². The van der Waals surface area contributed by atoms with E-state index >= 15 is 0 Å². The second kappa shape index (κ2) is 7.13. The largest absolute Gasteiger partial charge is 0.477 e. The number of nitrogens with two attached hydrogens (primary N) is 1. The summed E-state index contributed by atoms with van der Waals surface area (Å²) in [6.07, 6.45) is 0.899. The minimum absolute atomic E-state index is 0.0769. The Balaban J connectivity index is 2.03. The summed E-state index contributed by atoms with van der Waals surface area (Å²) in [5.74, 6) is -4.23. The van der Waals surface area contributed by atoms with E-state index in [0.717, 1.165) is 29.0 Å². The fourth-order valence-corrected chi connectivity index (χ4v) is 3.61. The van der Waals surface area contributed by atoms with Gasteiger partial charge in [-0.05, 0) is 24.1 Å². The van der Waals surface area contributed by atoms with Crippen LogP contribution in [0.1, 0.15) is 17.3 Å². The van der Waals surface area contributed by atoms with E-state index in [-0.39, 0.29) is 34.5 Å². The van der Waals surface area contributed by atoms with E-state index in [1.165, 1.54) is 0 Å². The van der Waals surface area contributed by atoms with E-state index in [1.54, 1.807) is 4.90 Å². The number of nitrogens with zero attached hydrogens (tertiary/aromatic N) is 3. The Morgan fingerprint density at radius 3 is 2.53 bits per heavy atom. The lowest BCUT2D eigenvalue weighted by Gasteiger charge is -2.20. The van der Waals surface area contributed by atoms with Gasteiger partial charge in [0.2, 0.25) is 5.43 Å². The number of carbonyl (C=O) groups is 1. The van der Waals surface area contributed by atoms with Crippen LogP contribution in [0.15, 0.2) is 35.3 Å². The number of pyridine rings is 2. The molecule has 1 aliphatic rings. The molecule has 0 aliphatic carbocycles. The molecule has 0 radical (unpaired) electrons. The van der Waals surface area contributed by atoms with E-state index < -0.39 is 34.4 Å². The van der Waals surface area contributed by atoms with Gasteiger partial charge in [0.25, 0.3) is 0 Å². The molecule has 3 heterocycles. The quantitative estimate of drug-likeness (QED) is 0.677. The fraction of sp³-hybridized carbons (Fsp3) is 0.250. The minimum atomic E-state index is -1.57. The molecular weight excluding hydrogens is 401 g/mol. The molecular formula is C20H17F3N4O3. The van der Waals surface area contributed by atoms with Crippen LogP contribution in [-0.2, 0) is 0 Å². The Morgan fingerprint density at radius 1 is 1.20 bits per heavy atom. The molecule has 2 atom stereocenters. The van der Waals surface area contributed by atoms with E-state index in [1.807, 2.05) is 6.92 Å². The summed E-state index contributed by atoms with van der Waals surface area (Å²) in [7, 11) is 0. The monoisotopic (exact) mass is 418 g/mol. The van der Waals surface area contributed by atoms with Gasteiger partial charge < -0.3 is 15.7 Å². The second-order valence-electron chi connectivity index (χ2n) is 7.35. The normalized spacial score (nSPS) is 18.9. The number of aromatic carboxylic acids is 1. The smallest absolute Gasteiger partial charge is 0.341 e. The highest BCUT2D eigenvalue weighted by Crippen LogP contribution is 2.28. The van der Waals surface area contributed by atoms with Crippen molar-refractivity contribution in [1.29, 1.82) is 0 Å². The third kappa shape index (κ3) is 3.18. The van der Waals surface area contributed by atoms with Crippen molar-refractivity contribution in [2.75, 3.05) is 18.0 Å². The molecule has 7 nitrogen and oxygen atoms in total. The topological polar surface area (TPSA) is 101 Å². The van der Waals surface area contributed by atoms with Crippen molar-refractivity contribution in [1.82, 2.24) is 9.55 Å². The van der Waals surface area contributed by atoms with E-state index in [4.69, 9.17) is 5.73 Å². The third-order valence-corrected chi connectivity index (χ3v) is 5.28. The summed E-state index contributed by atoms with van der Waals surface area (Å²) in [6, 6.07) is 3.37. The molecule has 4 rings (SSSR count). The van der Waals surface area contributed by atoms with Crippen LogP contribution < -0.4 is 16.1 Å². The zero-order chi connectivity index (χ0) is 21.7. The second-order valence-corrected chi connectivity index (χ2v) is 7.35. The lowest BCUT2D eigenvalue weighted by atomic mass is 10.1. The lowest BCUT2D eigenvalue weighted by Crippen LogP contribution is -2.29. The Hall–Kier alpha value is -3.40. The number of hydrogen-bond acceptors (Lipinski definition) is 5. The number of carboxylic acid groups (broad SMARTS) is 1. The van der Waals surface area contributed by atoms with Crippen LogP contribution >= 0.6 is 0 Å². The van der Waals surface area contributed by atoms with Crippen molar-refractivity contribution in [3.8, 4) is 5.69 Å². The molecule has 30 heavy (non-hydrogen) atoms. The summed E-state index contributed by atoms with van der Waals surface area (Å²) >= 11 is 0. The van der Waals surface area contributed by atoms with Crippen molar-refractivity contribution in [2.45, 2.75) is 13.0 Å². The van der Waals surface area contributed by atoms with E-state index in [2.05, 4.69) is 4.98 Å². The number of carboxylic acids is 1. The lowest BCUT2D eigenvalue weighted by molar-refractivity contribution is 0.0695. The molecule has 0 bridgehead atoms. The van der Waals surface area contributed by atoms with Crippen LogP contribution in [0.4, 0.5) is 19.0 Å². The van der Waals surface area contributed by atoms with Gasteiger partial charge in [0.15, 0.2) is 17.3 Å². The molecule has 0 saturated carbocycles. The van der Waals surface area contributed by atoms with Crippen molar-refractivity contribution >= 4 is 22.8 Å². The first kappa shape index (κ1) is 19.9. The molecule has 2 unspecified atom stereocenters. The molecule has 0 spiro atoms. The predicted molar refractivity (Wildman–Crippen MR) is 104 cm³/mol. The summed E-state index contributed by atoms with van der Waals surface area (Å²) in [5.41, 5.74) is 3.96. The van der Waals surface area contributed by atoms with E-state index in [0.29, 0.717) is 19.2 Å². The number of hydrogen-bond donors (Lipinski definition) is 2. The first-order chi connectivity index (χ1) is 14.2. The van der Waals surface area contributed by atoms with Crippen LogP contribution in [0.5, 0.6) is 0 Å². The molecule has 3 N–H and O–H groups in total. The molecule has 156 valence electrons. The molecule has 1 aliphatic heterocycles. The number of halogens is 3. The number of rotatable bonds is 3. The van der Waals surface area contributed by atoms with Gasteiger partial charge in [0.1, 0.15) is 17.2 Å². The molecule has 3 aromatic rings. The van der Waals surface area contributed by atoms with Gasteiger partial charge in [0, 0.05) is 31.4 Å². The molecule has 0 amide bonds. The van der Waals surface area contributed by atoms with Crippen molar-refractivity contribution in [2.24, 2.45) is 11.7 Å². The zero-order valence-corrected chi connectivity index (χ0v) is 15.8. The molecule has 10 heteroatoms. The van der Waals surface area contributed by atoms with Gasteiger partial charge in [-0.3, -0.25) is 9.36 Å². The summed E-state index contributed by atoms with van der Waals surface area (Å²) in [5, 5.41) is 9.02. The summed E-state index contributed by atoms with van der Waals surface area (Å²) < 4.78 is 43.7. The first-order valence-electron chi connectivity index (χ1n) is 9.12. The number of aromatic nitrogens is 2. The SMILES string of the molecule is CC1CN(c2nc3c(cc2F)c(=O)c(C(=O)O)cn3-c2ccc(F)cc2F)CC1N. The third-order valence-electron chi connectivity index (χ3n) is 5.28. The van der Waals surface area contributed by atoms with E-state index in [9.17, 15) is 27.9 Å².